The fourth-order valence-electron chi connectivity index (χ4n) is 2.35. The standard InChI is InChI=1S/C16H13N3O4/c1-9-4-6-17-11(8-9)14-15(10(16(22)23)5-7-18-14)19-12(20)2-3-13(19)21/h2-8,20-21H,1H3,(H,22,23). The van der Waals surface area contributed by atoms with E-state index >= 15 is 0 Å². The van der Waals surface area contributed by atoms with Crippen molar-refractivity contribution < 1.29 is 20.1 Å². The highest BCUT2D eigenvalue weighted by Gasteiger charge is 2.22. The zero-order valence-electron chi connectivity index (χ0n) is 12.1. The Labute approximate surface area is 131 Å². The highest BCUT2D eigenvalue weighted by atomic mass is 16.4. The number of carboxylic acid groups (broad SMARTS) is 1. The van der Waals surface area contributed by atoms with Gasteiger partial charge in [0.05, 0.1) is 16.9 Å². The zero-order chi connectivity index (χ0) is 16.6. The minimum Gasteiger partial charge on any atom is -0.494 e. The second-order valence-corrected chi connectivity index (χ2v) is 4.96. The summed E-state index contributed by atoms with van der Waals surface area (Å²) in [6.07, 6.45) is 2.93. The average Bonchev–Trinajstić information content (AvgIpc) is 2.85. The highest BCUT2D eigenvalue weighted by Crippen LogP contribution is 2.34. The molecule has 0 aliphatic rings. The van der Waals surface area contributed by atoms with Crippen LogP contribution in [0.4, 0.5) is 0 Å². The largest absolute Gasteiger partial charge is 0.494 e. The molecule has 3 aromatic heterocycles. The van der Waals surface area contributed by atoms with Gasteiger partial charge >= 0.3 is 5.97 Å². The van der Waals surface area contributed by atoms with E-state index in [9.17, 15) is 20.1 Å². The van der Waals surface area contributed by atoms with Gasteiger partial charge in [0, 0.05) is 24.5 Å². The number of rotatable bonds is 3. The Morgan fingerprint density at radius 2 is 1.70 bits per heavy atom. The quantitative estimate of drug-likeness (QED) is 0.685. The summed E-state index contributed by atoms with van der Waals surface area (Å²) in [7, 11) is 0. The third kappa shape index (κ3) is 2.48. The molecule has 0 atom stereocenters. The van der Waals surface area contributed by atoms with Gasteiger partial charge in [-0.05, 0) is 30.7 Å². The molecule has 0 bridgehead atoms. The van der Waals surface area contributed by atoms with Gasteiger partial charge in [-0.3, -0.25) is 9.97 Å². The molecule has 3 rings (SSSR count). The van der Waals surface area contributed by atoms with Crippen molar-refractivity contribution in [1.29, 1.82) is 0 Å². The third-order valence-electron chi connectivity index (χ3n) is 3.38. The van der Waals surface area contributed by atoms with Crippen molar-refractivity contribution in [3.8, 4) is 28.8 Å². The molecule has 0 saturated carbocycles. The number of carbonyl (C=O) groups is 1. The van der Waals surface area contributed by atoms with Crippen molar-refractivity contribution >= 4 is 5.97 Å². The predicted molar refractivity (Wildman–Crippen MR) is 81.8 cm³/mol. The molecule has 0 unspecified atom stereocenters. The Morgan fingerprint density at radius 3 is 2.30 bits per heavy atom. The Balaban J connectivity index is 2.38. The minimum absolute atomic E-state index is 0.0538. The van der Waals surface area contributed by atoms with Crippen LogP contribution in [0.5, 0.6) is 11.8 Å². The molecule has 3 aromatic rings. The van der Waals surface area contributed by atoms with Gasteiger partial charge in [0.15, 0.2) is 11.8 Å². The van der Waals surface area contributed by atoms with E-state index in [0.29, 0.717) is 5.69 Å². The fraction of sp³-hybridized carbons (Fsp3) is 0.0625. The number of aromatic hydroxyl groups is 2. The summed E-state index contributed by atoms with van der Waals surface area (Å²) < 4.78 is 1.02. The summed E-state index contributed by atoms with van der Waals surface area (Å²) in [6, 6.07) is 7.38. The molecule has 0 radical (unpaired) electrons. The number of hydrogen-bond acceptors (Lipinski definition) is 5. The van der Waals surface area contributed by atoms with Crippen LogP contribution < -0.4 is 0 Å². The van der Waals surface area contributed by atoms with E-state index in [1.54, 1.807) is 18.3 Å². The lowest BCUT2D eigenvalue weighted by molar-refractivity contribution is 0.0697. The average molecular weight is 311 g/mol. The molecular weight excluding hydrogens is 298 g/mol. The lowest BCUT2D eigenvalue weighted by atomic mass is 10.1. The highest BCUT2D eigenvalue weighted by molar-refractivity contribution is 5.95. The topological polar surface area (TPSA) is 108 Å². The molecular formula is C16H13N3O4. The van der Waals surface area contributed by atoms with E-state index in [2.05, 4.69) is 9.97 Å². The summed E-state index contributed by atoms with van der Waals surface area (Å²) in [5.41, 5.74) is 1.55. The molecule has 0 amide bonds. The Morgan fingerprint density at radius 1 is 1.04 bits per heavy atom. The van der Waals surface area contributed by atoms with Crippen LogP contribution in [0.2, 0.25) is 0 Å². The van der Waals surface area contributed by atoms with Crippen LogP contribution in [-0.4, -0.2) is 35.8 Å². The molecule has 3 heterocycles. The Kier molecular flexibility index (Phi) is 3.46. The van der Waals surface area contributed by atoms with Gasteiger partial charge in [-0.1, -0.05) is 0 Å². The van der Waals surface area contributed by atoms with Crippen LogP contribution in [0, 0.1) is 6.92 Å². The van der Waals surface area contributed by atoms with Crippen LogP contribution in [0.15, 0.2) is 42.7 Å². The van der Waals surface area contributed by atoms with Gasteiger partial charge < -0.3 is 15.3 Å². The number of aromatic nitrogens is 3. The van der Waals surface area contributed by atoms with Crippen LogP contribution in [0.25, 0.3) is 17.1 Å². The molecule has 0 spiro atoms. The predicted octanol–water partition coefficient (Wildman–Crippen LogP) is 2.35. The Bertz CT molecular complexity index is 883. The monoisotopic (exact) mass is 311 g/mol. The van der Waals surface area contributed by atoms with Gasteiger partial charge in [0.1, 0.15) is 5.69 Å². The fourth-order valence-corrected chi connectivity index (χ4v) is 2.35. The number of hydrogen-bond donors (Lipinski definition) is 3. The van der Waals surface area contributed by atoms with Gasteiger partial charge in [0.2, 0.25) is 0 Å². The van der Waals surface area contributed by atoms with Gasteiger partial charge in [0.25, 0.3) is 0 Å². The van der Waals surface area contributed by atoms with Crippen molar-refractivity contribution in [3.63, 3.8) is 0 Å². The van der Waals surface area contributed by atoms with E-state index in [4.69, 9.17) is 0 Å². The van der Waals surface area contributed by atoms with Gasteiger partial charge in [-0.15, -0.1) is 0 Å². The van der Waals surface area contributed by atoms with Crippen LogP contribution in [0.1, 0.15) is 15.9 Å². The summed E-state index contributed by atoms with van der Waals surface area (Å²) in [5.74, 6) is -1.80. The number of nitrogens with zero attached hydrogens (tertiary/aromatic N) is 3. The van der Waals surface area contributed by atoms with Crippen molar-refractivity contribution in [3.05, 3.63) is 53.9 Å². The second kappa shape index (κ2) is 5.45. The summed E-state index contributed by atoms with van der Waals surface area (Å²) in [6.45, 7) is 1.87. The smallest absolute Gasteiger partial charge is 0.337 e. The van der Waals surface area contributed by atoms with Crippen LogP contribution in [0.3, 0.4) is 0 Å². The van der Waals surface area contributed by atoms with Gasteiger partial charge in [-0.25, -0.2) is 9.36 Å². The summed E-state index contributed by atoms with van der Waals surface area (Å²) in [5, 5.41) is 29.4. The first-order valence-electron chi connectivity index (χ1n) is 6.74. The Hall–Kier alpha value is -3.35. The molecule has 23 heavy (non-hydrogen) atoms. The van der Waals surface area contributed by atoms with E-state index in [1.807, 2.05) is 6.92 Å². The minimum atomic E-state index is -1.20. The van der Waals surface area contributed by atoms with Crippen LogP contribution >= 0.6 is 0 Å². The van der Waals surface area contributed by atoms with Crippen molar-refractivity contribution in [2.75, 3.05) is 0 Å². The third-order valence-corrected chi connectivity index (χ3v) is 3.38. The molecule has 0 saturated heterocycles. The molecule has 7 nitrogen and oxygen atoms in total. The van der Waals surface area contributed by atoms with E-state index in [1.165, 1.54) is 24.4 Å². The van der Waals surface area contributed by atoms with Gasteiger partial charge in [-0.2, -0.15) is 0 Å². The first-order chi connectivity index (χ1) is 11.0. The van der Waals surface area contributed by atoms with E-state index in [0.717, 1.165) is 10.1 Å². The number of carboxylic acids is 1. The molecule has 3 N–H and O–H groups in total. The van der Waals surface area contributed by atoms with Crippen molar-refractivity contribution in [1.82, 2.24) is 14.5 Å². The molecule has 7 heteroatoms. The maximum absolute atomic E-state index is 11.6. The number of pyridine rings is 2. The maximum atomic E-state index is 11.6. The first-order valence-corrected chi connectivity index (χ1v) is 6.74. The molecule has 0 aliphatic heterocycles. The SMILES string of the molecule is Cc1ccnc(-c2nccc(C(=O)O)c2-n2c(O)ccc2O)c1. The number of aromatic carboxylic acids is 1. The summed E-state index contributed by atoms with van der Waals surface area (Å²) >= 11 is 0. The first kappa shape index (κ1) is 14.6. The molecule has 116 valence electrons. The van der Waals surface area contributed by atoms with Crippen molar-refractivity contribution in [2.24, 2.45) is 0 Å². The lowest BCUT2D eigenvalue weighted by Gasteiger charge is -2.14. The lowest BCUT2D eigenvalue weighted by Crippen LogP contribution is -2.08. The summed E-state index contributed by atoms with van der Waals surface area (Å²) in [4.78, 5) is 20.0. The molecule has 0 fully saturated rings. The van der Waals surface area contributed by atoms with Crippen molar-refractivity contribution in [2.45, 2.75) is 6.92 Å². The maximum Gasteiger partial charge on any atom is 0.337 e. The molecule has 0 aliphatic carbocycles. The normalized spacial score (nSPS) is 10.7. The van der Waals surface area contributed by atoms with E-state index in [-0.39, 0.29) is 28.7 Å². The molecule has 0 aromatic carbocycles. The van der Waals surface area contributed by atoms with Crippen LogP contribution in [-0.2, 0) is 0 Å². The second-order valence-electron chi connectivity index (χ2n) is 4.96. The number of aryl methyl sites for hydroxylation is 1. The van der Waals surface area contributed by atoms with E-state index < -0.39 is 5.97 Å². The zero-order valence-corrected chi connectivity index (χ0v) is 12.1.